The third-order valence-corrected chi connectivity index (χ3v) is 3.77. The summed E-state index contributed by atoms with van der Waals surface area (Å²) in [7, 11) is 0. The summed E-state index contributed by atoms with van der Waals surface area (Å²) in [6.45, 7) is 1.81. The van der Waals surface area contributed by atoms with Gasteiger partial charge in [0.15, 0.2) is 0 Å². The van der Waals surface area contributed by atoms with E-state index in [4.69, 9.17) is 0 Å². The zero-order valence-electron chi connectivity index (χ0n) is 10.1. The van der Waals surface area contributed by atoms with Crippen LogP contribution in [-0.2, 0) is 0 Å². The Morgan fingerprint density at radius 2 is 1.84 bits per heavy atom. The van der Waals surface area contributed by atoms with Gasteiger partial charge in [-0.1, -0.05) is 30.0 Å². The molecule has 0 atom stereocenters. The van der Waals surface area contributed by atoms with Crippen molar-refractivity contribution in [2.45, 2.75) is 16.8 Å². The Morgan fingerprint density at radius 1 is 1.11 bits per heavy atom. The second-order valence-electron chi connectivity index (χ2n) is 4.19. The smallest absolute Gasteiger partial charge is 0.261 e. The molecule has 0 bridgehead atoms. The summed E-state index contributed by atoms with van der Waals surface area (Å²) in [5.74, 6) is -0.716. The zero-order valence-corrected chi connectivity index (χ0v) is 11.0. The van der Waals surface area contributed by atoms with E-state index in [0.29, 0.717) is 16.2 Å². The van der Waals surface area contributed by atoms with Crippen molar-refractivity contribution in [3.63, 3.8) is 0 Å². The van der Waals surface area contributed by atoms with Gasteiger partial charge in [0.25, 0.3) is 11.8 Å². The summed E-state index contributed by atoms with van der Waals surface area (Å²) in [6, 6.07) is 11.3. The fraction of sp³-hybridized carbons (Fsp3) is 0.0714. The molecule has 94 valence electrons. The SMILES string of the molecule is Cc1cc2c(c(Sc3ccccc3)n1)C(=O)NC2=O. The number of amides is 2. The third-order valence-electron chi connectivity index (χ3n) is 2.77. The molecule has 19 heavy (non-hydrogen) atoms. The molecule has 0 saturated carbocycles. The average Bonchev–Trinajstić information content (AvgIpc) is 2.66. The van der Waals surface area contributed by atoms with Gasteiger partial charge in [-0.2, -0.15) is 0 Å². The second kappa shape index (κ2) is 4.51. The van der Waals surface area contributed by atoms with Crippen LogP contribution in [0.4, 0.5) is 0 Å². The third kappa shape index (κ3) is 2.13. The van der Waals surface area contributed by atoms with Crippen LogP contribution >= 0.6 is 11.8 Å². The summed E-state index contributed by atoms with van der Waals surface area (Å²) < 4.78 is 0. The standard InChI is InChI=1S/C14H10N2O2S/c1-8-7-10-11(13(18)16-12(10)17)14(15-8)19-9-5-3-2-4-6-9/h2-7H,1H3,(H,16,17,18). The maximum Gasteiger partial charge on any atom is 0.261 e. The summed E-state index contributed by atoms with van der Waals surface area (Å²) in [6.07, 6.45) is 0. The van der Waals surface area contributed by atoms with E-state index in [1.807, 2.05) is 37.3 Å². The van der Waals surface area contributed by atoms with Gasteiger partial charge in [0.2, 0.25) is 0 Å². The molecule has 3 rings (SSSR count). The number of nitrogens with one attached hydrogen (secondary N) is 1. The predicted molar refractivity (Wildman–Crippen MR) is 71.3 cm³/mol. The van der Waals surface area contributed by atoms with E-state index < -0.39 is 0 Å². The van der Waals surface area contributed by atoms with Crippen LogP contribution in [0.25, 0.3) is 0 Å². The number of carbonyl (C=O) groups is 2. The molecule has 0 aliphatic carbocycles. The summed E-state index contributed by atoms with van der Waals surface area (Å²) >= 11 is 1.39. The van der Waals surface area contributed by atoms with E-state index in [1.165, 1.54) is 11.8 Å². The maximum atomic E-state index is 11.8. The van der Waals surface area contributed by atoms with Crippen molar-refractivity contribution in [3.8, 4) is 0 Å². The normalized spacial score (nSPS) is 13.3. The molecular weight excluding hydrogens is 260 g/mol. The lowest BCUT2D eigenvalue weighted by molar-refractivity contribution is 0.0878. The summed E-state index contributed by atoms with van der Waals surface area (Å²) in [4.78, 5) is 28.8. The van der Waals surface area contributed by atoms with Crippen LogP contribution in [0.5, 0.6) is 0 Å². The van der Waals surface area contributed by atoms with Crippen molar-refractivity contribution in [2.75, 3.05) is 0 Å². The minimum absolute atomic E-state index is 0.347. The monoisotopic (exact) mass is 270 g/mol. The van der Waals surface area contributed by atoms with Gasteiger partial charge < -0.3 is 0 Å². The number of benzene rings is 1. The Labute approximate surface area is 114 Å². The molecule has 0 radical (unpaired) electrons. The van der Waals surface area contributed by atoms with Crippen molar-refractivity contribution < 1.29 is 9.59 Å². The number of pyridine rings is 1. The Kier molecular flexibility index (Phi) is 2.83. The molecule has 1 aromatic heterocycles. The van der Waals surface area contributed by atoms with Crippen LogP contribution in [0.1, 0.15) is 26.4 Å². The molecule has 5 heteroatoms. The number of rotatable bonds is 2. The highest BCUT2D eigenvalue weighted by atomic mass is 32.2. The van der Waals surface area contributed by atoms with E-state index in [2.05, 4.69) is 10.3 Å². The van der Waals surface area contributed by atoms with Gasteiger partial charge in [-0.05, 0) is 25.1 Å². The first-order valence-corrected chi connectivity index (χ1v) is 6.57. The number of fused-ring (bicyclic) bond motifs is 1. The van der Waals surface area contributed by atoms with Crippen LogP contribution in [0.2, 0.25) is 0 Å². The summed E-state index contributed by atoms with van der Waals surface area (Å²) in [5, 5.41) is 2.88. The van der Waals surface area contributed by atoms with Gasteiger partial charge in [-0.3, -0.25) is 14.9 Å². The van der Waals surface area contributed by atoms with Gasteiger partial charge in [0, 0.05) is 10.6 Å². The lowest BCUT2D eigenvalue weighted by Crippen LogP contribution is -2.20. The molecule has 2 heterocycles. The van der Waals surface area contributed by atoms with Crippen LogP contribution in [0.15, 0.2) is 46.3 Å². The molecule has 1 N–H and O–H groups in total. The van der Waals surface area contributed by atoms with Crippen molar-refractivity contribution in [1.29, 1.82) is 0 Å². The molecule has 0 fully saturated rings. The van der Waals surface area contributed by atoms with Gasteiger partial charge >= 0.3 is 0 Å². The van der Waals surface area contributed by atoms with Gasteiger partial charge in [0.05, 0.1) is 11.1 Å². The Morgan fingerprint density at radius 3 is 2.58 bits per heavy atom. The van der Waals surface area contributed by atoms with Gasteiger partial charge in [0.1, 0.15) is 5.03 Å². The van der Waals surface area contributed by atoms with E-state index in [9.17, 15) is 9.59 Å². The van der Waals surface area contributed by atoms with Crippen molar-refractivity contribution in [1.82, 2.24) is 10.3 Å². The largest absolute Gasteiger partial charge is 0.288 e. The molecule has 0 unspecified atom stereocenters. The van der Waals surface area contributed by atoms with Crippen LogP contribution in [0.3, 0.4) is 0 Å². The van der Waals surface area contributed by atoms with E-state index in [-0.39, 0.29) is 11.8 Å². The highest BCUT2D eigenvalue weighted by Crippen LogP contribution is 2.32. The molecular formula is C14H10N2O2S. The lowest BCUT2D eigenvalue weighted by Gasteiger charge is -2.06. The van der Waals surface area contributed by atoms with Crippen LogP contribution in [-0.4, -0.2) is 16.8 Å². The van der Waals surface area contributed by atoms with Crippen LogP contribution < -0.4 is 5.32 Å². The Balaban J connectivity index is 2.10. The number of aryl methyl sites for hydroxylation is 1. The minimum Gasteiger partial charge on any atom is -0.288 e. The van der Waals surface area contributed by atoms with Crippen LogP contribution in [0, 0.1) is 6.92 Å². The first-order valence-electron chi connectivity index (χ1n) is 5.75. The molecule has 0 spiro atoms. The first kappa shape index (κ1) is 11.9. The molecule has 1 aliphatic heterocycles. The van der Waals surface area contributed by atoms with E-state index in [1.54, 1.807) is 6.07 Å². The molecule has 1 aliphatic rings. The highest BCUT2D eigenvalue weighted by Gasteiger charge is 2.31. The van der Waals surface area contributed by atoms with Crippen molar-refractivity contribution >= 4 is 23.6 Å². The number of aromatic nitrogens is 1. The number of hydrogen-bond donors (Lipinski definition) is 1. The fourth-order valence-electron chi connectivity index (χ4n) is 1.95. The molecule has 1 aromatic carbocycles. The maximum absolute atomic E-state index is 11.8. The molecule has 4 nitrogen and oxygen atoms in total. The minimum atomic E-state index is -0.370. The number of carbonyl (C=O) groups excluding carboxylic acids is 2. The Hall–Kier alpha value is -2.14. The quantitative estimate of drug-likeness (QED) is 0.851. The number of hydrogen-bond acceptors (Lipinski definition) is 4. The fourth-order valence-corrected chi connectivity index (χ4v) is 2.96. The number of nitrogens with zero attached hydrogens (tertiary/aromatic N) is 1. The average molecular weight is 270 g/mol. The molecule has 2 aromatic rings. The van der Waals surface area contributed by atoms with E-state index >= 15 is 0 Å². The van der Waals surface area contributed by atoms with E-state index in [0.717, 1.165) is 10.6 Å². The Bertz CT molecular complexity index is 683. The molecule has 0 saturated heterocycles. The first-order chi connectivity index (χ1) is 9.15. The van der Waals surface area contributed by atoms with Gasteiger partial charge in [-0.15, -0.1) is 0 Å². The topological polar surface area (TPSA) is 59.1 Å². The highest BCUT2D eigenvalue weighted by molar-refractivity contribution is 7.99. The van der Waals surface area contributed by atoms with Gasteiger partial charge in [-0.25, -0.2) is 4.98 Å². The second-order valence-corrected chi connectivity index (χ2v) is 5.25. The summed E-state index contributed by atoms with van der Waals surface area (Å²) in [5.41, 5.74) is 1.52. The predicted octanol–water partition coefficient (Wildman–Crippen LogP) is 2.42. The lowest BCUT2D eigenvalue weighted by atomic mass is 10.1. The number of imide groups is 1. The zero-order chi connectivity index (χ0) is 13.4. The van der Waals surface area contributed by atoms with Crippen molar-refractivity contribution in [2.24, 2.45) is 0 Å². The molecule has 2 amide bonds. The van der Waals surface area contributed by atoms with Crippen molar-refractivity contribution in [3.05, 3.63) is 53.2 Å².